The second kappa shape index (κ2) is 5.10. The first-order chi connectivity index (χ1) is 5.38. The third kappa shape index (κ3) is 5.01. The number of halogens is 4. The summed E-state index contributed by atoms with van der Waals surface area (Å²) >= 11 is 15.3. The van der Waals surface area contributed by atoms with E-state index in [-0.39, 0.29) is 13.0 Å². The molecule has 0 bridgehead atoms. The quantitative estimate of drug-likeness (QED) is 0.555. The highest BCUT2D eigenvalue weighted by Crippen LogP contribution is 2.32. The minimum Gasteiger partial charge on any atom is -0.466 e. The number of esters is 1. The highest BCUT2D eigenvalue weighted by molar-refractivity contribution is 6.51. The summed E-state index contributed by atoms with van der Waals surface area (Å²) < 4.78 is 14.5. The molecule has 0 amide bonds. The maximum absolute atomic E-state index is 12.6. The fourth-order valence-electron chi connectivity index (χ4n) is 0.482. The highest BCUT2D eigenvalue weighted by Gasteiger charge is 2.35. The lowest BCUT2D eigenvalue weighted by Gasteiger charge is -2.14. The average Bonchev–Trinajstić information content (AvgIpc) is 1.85. The molecule has 6 heteroatoms. The van der Waals surface area contributed by atoms with Crippen LogP contribution in [0.15, 0.2) is 0 Å². The fourth-order valence-corrected chi connectivity index (χ4v) is 0.762. The molecule has 0 aromatic rings. The van der Waals surface area contributed by atoms with E-state index in [0.29, 0.717) is 0 Å². The topological polar surface area (TPSA) is 26.3 Å². The van der Waals surface area contributed by atoms with Crippen LogP contribution in [0.4, 0.5) is 4.39 Å². The van der Waals surface area contributed by atoms with Crippen LogP contribution in [-0.4, -0.2) is 22.5 Å². The molecule has 1 atom stereocenters. The summed E-state index contributed by atoms with van der Waals surface area (Å²) in [6, 6.07) is 0. The second-order valence-corrected chi connectivity index (χ2v) is 3.84. The molecule has 0 saturated heterocycles. The van der Waals surface area contributed by atoms with E-state index in [2.05, 4.69) is 4.74 Å². The Hall–Kier alpha value is 0.270. The van der Waals surface area contributed by atoms with E-state index < -0.39 is 15.9 Å². The molecular formula is C6H8Cl3FO2. The molecule has 0 aliphatic carbocycles. The lowest BCUT2D eigenvalue weighted by molar-refractivity contribution is -0.143. The molecule has 0 aliphatic rings. The summed E-state index contributed by atoms with van der Waals surface area (Å²) in [5, 5.41) is -1.29. The number of ether oxygens (including phenoxy) is 1. The number of hydrogen-bond acceptors (Lipinski definition) is 2. The molecule has 0 aliphatic heterocycles. The maximum Gasteiger partial charge on any atom is 0.307 e. The molecule has 72 valence electrons. The van der Waals surface area contributed by atoms with Crippen molar-refractivity contribution in [2.75, 3.05) is 6.61 Å². The van der Waals surface area contributed by atoms with Crippen molar-refractivity contribution < 1.29 is 13.9 Å². The molecule has 0 spiro atoms. The Bertz CT molecular complexity index is 157. The predicted molar refractivity (Wildman–Crippen MR) is 46.4 cm³/mol. The van der Waals surface area contributed by atoms with Gasteiger partial charge in [0.05, 0.1) is 13.0 Å². The van der Waals surface area contributed by atoms with E-state index in [4.69, 9.17) is 34.8 Å². The van der Waals surface area contributed by atoms with Crippen molar-refractivity contribution in [3.05, 3.63) is 0 Å². The summed E-state index contributed by atoms with van der Waals surface area (Å²) in [5.74, 6) is -0.624. The van der Waals surface area contributed by atoms with Crippen molar-refractivity contribution in [1.29, 1.82) is 0 Å². The number of alkyl halides is 4. The Morgan fingerprint density at radius 1 is 1.67 bits per heavy atom. The van der Waals surface area contributed by atoms with Crippen molar-refractivity contribution in [1.82, 2.24) is 0 Å². The Labute approximate surface area is 84.9 Å². The van der Waals surface area contributed by atoms with E-state index >= 15 is 0 Å². The van der Waals surface area contributed by atoms with Gasteiger partial charge in [-0.1, -0.05) is 23.2 Å². The lowest BCUT2D eigenvalue weighted by Crippen LogP contribution is -2.24. The van der Waals surface area contributed by atoms with Gasteiger partial charge in [-0.15, -0.1) is 11.6 Å². The Morgan fingerprint density at radius 3 is 2.50 bits per heavy atom. The number of hydrogen-bond donors (Lipinski definition) is 0. The molecule has 2 nitrogen and oxygen atoms in total. The summed E-state index contributed by atoms with van der Waals surface area (Å²) in [6.45, 7) is 1.84. The van der Waals surface area contributed by atoms with Crippen molar-refractivity contribution in [3.8, 4) is 0 Å². The first-order valence-corrected chi connectivity index (χ1v) is 4.43. The first kappa shape index (κ1) is 12.3. The van der Waals surface area contributed by atoms with Crippen molar-refractivity contribution in [2.45, 2.75) is 23.3 Å². The van der Waals surface area contributed by atoms with Crippen LogP contribution in [0, 0.1) is 0 Å². The molecular weight excluding hydrogens is 229 g/mol. The van der Waals surface area contributed by atoms with Crippen molar-refractivity contribution in [3.63, 3.8) is 0 Å². The predicted octanol–water partition coefficient (Wildman–Crippen LogP) is 2.65. The Morgan fingerprint density at radius 2 is 2.17 bits per heavy atom. The van der Waals surface area contributed by atoms with E-state index in [1.807, 2.05) is 0 Å². The summed E-state index contributed by atoms with van der Waals surface area (Å²) in [5.41, 5.74) is 0. The van der Waals surface area contributed by atoms with Gasteiger partial charge in [0.15, 0.2) is 0 Å². The van der Waals surface area contributed by atoms with Crippen LogP contribution in [-0.2, 0) is 9.53 Å². The molecule has 1 unspecified atom stereocenters. The van der Waals surface area contributed by atoms with Crippen LogP contribution in [0.5, 0.6) is 0 Å². The molecule has 0 saturated carbocycles. The minimum absolute atomic E-state index is 0.215. The van der Waals surface area contributed by atoms with Gasteiger partial charge in [0.25, 0.3) is 4.59 Å². The van der Waals surface area contributed by atoms with Crippen LogP contribution in [0.2, 0.25) is 0 Å². The van der Waals surface area contributed by atoms with Gasteiger partial charge in [-0.05, 0) is 6.92 Å². The summed E-state index contributed by atoms with van der Waals surface area (Å²) in [7, 11) is 0. The van der Waals surface area contributed by atoms with E-state index in [0.717, 1.165) is 0 Å². The highest BCUT2D eigenvalue weighted by atomic mass is 35.5. The fraction of sp³-hybridized carbons (Fsp3) is 0.833. The zero-order valence-corrected chi connectivity index (χ0v) is 8.59. The van der Waals surface area contributed by atoms with Crippen LogP contribution < -0.4 is 0 Å². The molecule has 0 rings (SSSR count). The van der Waals surface area contributed by atoms with Gasteiger partial charge in [0, 0.05) is 0 Å². The van der Waals surface area contributed by atoms with Crippen LogP contribution in [0.1, 0.15) is 13.3 Å². The average molecular weight is 237 g/mol. The zero-order valence-electron chi connectivity index (χ0n) is 6.32. The van der Waals surface area contributed by atoms with Crippen LogP contribution >= 0.6 is 34.8 Å². The van der Waals surface area contributed by atoms with Crippen molar-refractivity contribution >= 4 is 40.8 Å². The zero-order chi connectivity index (χ0) is 9.78. The smallest absolute Gasteiger partial charge is 0.307 e. The summed E-state index contributed by atoms with van der Waals surface area (Å²) in [6.07, 6.45) is -0.348. The van der Waals surface area contributed by atoms with Gasteiger partial charge in [-0.2, -0.15) is 0 Å². The van der Waals surface area contributed by atoms with Crippen LogP contribution in [0.3, 0.4) is 0 Å². The molecule has 0 fully saturated rings. The van der Waals surface area contributed by atoms with E-state index in [1.54, 1.807) is 6.92 Å². The third-order valence-corrected chi connectivity index (χ3v) is 2.21. The van der Waals surface area contributed by atoms with E-state index in [9.17, 15) is 9.18 Å². The third-order valence-electron chi connectivity index (χ3n) is 1.01. The number of carbonyl (C=O) groups excluding carboxylic acids is 1. The van der Waals surface area contributed by atoms with Gasteiger partial charge in [-0.25, -0.2) is 4.39 Å². The lowest BCUT2D eigenvalue weighted by atomic mass is 10.3. The first-order valence-electron chi connectivity index (χ1n) is 3.24. The molecule has 0 aromatic heterocycles. The molecule has 12 heavy (non-hydrogen) atoms. The van der Waals surface area contributed by atoms with Crippen LogP contribution in [0.25, 0.3) is 0 Å². The second-order valence-electron chi connectivity index (χ2n) is 2.02. The Balaban J connectivity index is 3.84. The largest absolute Gasteiger partial charge is 0.466 e. The minimum atomic E-state index is -2.60. The Kier molecular flexibility index (Phi) is 5.21. The van der Waals surface area contributed by atoms with Gasteiger partial charge in [0.1, 0.15) is 5.38 Å². The van der Waals surface area contributed by atoms with Gasteiger partial charge in [0.2, 0.25) is 0 Å². The van der Waals surface area contributed by atoms with E-state index in [1.165, 1.54) is 0 Å². The summed E-state index contributed by atoms with van der Waals surface area (Å²) in [4.78, 5) is 10.7. The maximum atomic E-state index is 12.6. The molecule has 0 N–H and O–H groups in total. The van der Waals surface area contributed by atoms with Gasteiger partial charge >= 0.3 is 5.97 Å². The van der Waals surface area contributed by atoms with Gasteiger partial charge < -0.3 is 4.74 Å². The molecule has 0 radical (unpaired) electrons. The molecule has 0 aromatic carbocycles. The SMILES string of the molecule is CCOC(=O)CC(Cl)C(F)(Cl)Cl. The van der Waals surface area contributed by atoms with Gasteiger partial charge in [-0.3, -0.25) is 4.79 Å². The molecule has 0 heterocycles. The number of rotatable bonds is 4. The standard InChI is InChI=1S/C6H8Cl3FO2/c1-2-12-5(11)3-4(7)6(8,9)10/h4H,2-3H2,1H3. The normalized spacial score (nSPS) is 14.1. The van der Waals surface area contributed by atoms with Crippen molar-refractivity contribution in [2.24, 2.45) is 0 Å². The number of carbonyl (C=O) groups is 1. The monoisotopic (exact) mass is 236 g/mol.